The van der Waals surface area contributed by atoms with E-state index in [4.69, 9.17) is 0 Å². The summed E-state index contributed by atoms with van der Waals surface area (Å²) in [6.07, 6.45) is 4.78. The van der Waals surface area contributed by atoms with Crippen LogP contribution in [0.3, 0.4) is 0 Å². The van der Waals surface area contributed by atoms with Crippen molar-refractivity contribution in [1.82, 2.24) is 14.7 Å². The average Bonchev–Trinajstić information content (AvgIpc) is 3.61. The highest BCUT2D eigenvalue weighted by Crippen LogP contribution is 2.46. The van der Waals surface area contributed by atoms with Crippen molar-refractivity contribution in [3.05, 3.63) is 71.8 Å². The Morgan fingerprint density at radius 3 is 2.09 bits per heavy atom. The molecule has 4 nitrogen and oxygen atoms in total. The number of hydrogen-bond donors (Lipinski definition) is 0. The molecule has 0 radical (unpaired) electrons. The van der Waals surface area contributed by atoms with E-state index in [0.29, 0.717) is 12.1 Å². The van der Waals surface area contributed by atoms with Crippen molar-refractivity contribution in [2.24, 2.45) is 17.8 Å². The third kappa shape index (κ3) is 4.77. The minimum atomic E-state index is 0.332. The van der Waals surface area contributed by atoms with Gasteiger partial charge in [-0.1, -0.05) is 67.6 Å². The second-order valence-corrected chi connectivity index (χ2v) is 10.3. The van der Waals surface area contributed by atoms with E-state index in [9.17, 15) is 4.79 Å². The lowest BCUT2D eigenvalue weighted by Gasteiger charge is -2.40. The van der Waals surface area contributed by atoms with Crippen LogP contribution in [0.1, 0.15) is 43.4 Å². The zero-order valence-electron chi connectivity index (χ0n) is 19.4. The van der Waals surface area contributed by atoms with Gasteiger partial charge < -0.3 is 9.80 Å². The summed E-state index contributed by atoms with van der Waals surface area (Å²) in [5.74, 6) is 2.26. The van der Waals surface area contributed by atoms with Gasteiger partial charge >= 0.3 is 0 Å². The van der Waals surface area contributed by atoms with E-state index >= 15 is 0 Å². The molecule has 1 saturated carbocycles. The third-order valence-electron chi connectivity index (χ3n) is 8.05. The summed E-state index contributed by atoms with van der Waals surface area (Å²) in [4.78, 5) is 19.0. The molecule has 32 heavy (non-hydrogen) atoms. The predicted octanol–water partition coefficient (Wildman–Crippen LogP) is 4.29. The number of amides is 1. The Labute approximate surface area is 193 Å². The number of hydrogen-bond acceptors (Lipinski definition) is 3. The number of carbonyl (C=O) groups excluding carboxylic acids is 1. The molecule has 4 heteroatoms. The molecule has 1 aliphatic carbocycles. The van der Waals surface area contributed by atoms with Gasteiger partial charge in [0.05, 0.1) is 6.04 Å². The van der Waals surface area contributed by atoms with Gasteiger partial charge in [0.1, 0.15) is 0 Å². The molecule has 4 unspecified atom stereocenters. The SMILES string of the molecule is CC1CCN(C=O)C(C2CC2CN2CCN(C(c3ccccc3)c3ccccc3)CC2)C1. The van der Waals surface area contributed by atoms with Crippen molar-refractivity contribution in [3.8, 4) is 0 Å². The van der Waals surface area contributed by atoms with Crippen molar-refractivity contribution in [2.75, 3.05) is 39.3 Å². The predicted molar refractivity (Wildman–Crippen MR) is 129 cm³/mol. The maximum absolute atomic E-state index is 11.5. The second-order valence-electron chi connectivity index (χ2n) is 10.3. The number of piperidine rings is 1. The van der Waals surface area contributed by atoms with Gasteiger partial charge in [0.25, 0.3) is 0 Å². The fourth-order valence-corrected chi connectivity index (χ4v) is 6.13. The fraction of sp³-hybridized carbons (Fsp3) is 0.536. The summed E-state index contributed by atoms with van der Waals surface area (Å²) in [6, 6.07) is 22.7. The molecule has 5 rings (SSSR count). The van der Waals surface area contributed by atoms with Crippen LogP contribution in [0.25, 0.3) is 0 Å². The quantitative estimate of drug-likeness (QED) is 0.612. The van der Waals surface area contributed by atoms with Gasteiger partial charge in [-0.2, -0.15) is 0 Å². The van der Waals surface area contributed by atoms with Crippen LogP contribution in [-0.2, 0) is 4.79 Å². The van der Waals surface area contributed by atoms with Gasteiger partial charge in [-0.3, -0.25) is 9.69 Å². The average molecular weight is 432 g/mol. The van der Waals surface area contributed by atoms with Crippen LogP contribution >= 0.6 is 0 Å². The van der Waals surface area contributed by atoms with Crippen molar-refractivity contribution in [3.63, 3.8) is 0 Å². The molecule has 170 valence electrons. The monoisotopic (exact) mass is 431 g/mol. The van der Waals surface area contributed by atoms with Crippen LogP contribution in [0.2, 0.25) is 0 Å². The molecule has 2 saturated heterocycles. The molecule has 3 aliphatic rings. The van der Waals surface area contributed by atoms with E-state index in [1.807, 2.05) is 0 Å². The molecule has 0 aromatic heterocycles. The minimum Gasteiger partial charge on any atom is -0.342 e. The first kappa shape index (κ1) is 21.7. The van der Waals surface area contributed by atoms with E-state index in [-0.39, 0.29) is 0 Å². The second kappa shape index (κ2) is 9.76. The molecular formula is C28H37N3O. The van der Waals surface area contributed by atoms with Gasteiger partial charge in [0, 0.05) is 45.3 Å². The Morgan fingerprint density at radius 2 is 1.50 bits per heavy atom. The maximum atomic E-state index is 11.5. The Morgan fingerprint density at radius 1 is 0.875 bits per heavy atom. The largest absolute Gasteiger partial charge is 0.342 e. The highest BCUT2D eigenvalue weighted by Gasteiger charge is 2.47. The fourth-order valence-electron chi connectivity index (χ4n) is 6.13. The van der Waals surface area contributed by atoms with Gasteiger partial charge in [0.15, 0.2) is 0 Å². The van der Waals surface area contributed by atoms with Gasteiger partial charge in [-0.25, -0.2) is 0 Å². The lowest BCUT2D eigenvalue weighted by molar-refractivity contribution is -0.122. The van der Waals surface area contributed by atoms with Crippen molar-refractivity contribution in [2.45, 2.75) is 38.3 Å². The minimum absolute atomic E-state index is 0.332. The van der Waals surface area contributed by atoms with E-state index in [1.165, 1.54) is 36.9 Å². The van der Waals surface area contributed by atoms with Crippen LogP contribution in [0.5, 0.6) is 0 Å². The lowest BCUT2D eigenvalue weighted by Crippen LogP contribution is -2.48. The molecule has 2 aliphatic heterocycles. The summed E-state index contributed by atoms with van der Waals surface area (Å²) in [5, 5.41) is 0. The van der Waals surface area contributed by atoms with Crippen molar-refractivity contribution in [1.29, 1.82) is 0 Å². The number of rotatable bonds is 7. The standard InChI is InChI=1S/C28H37N3O/c1-22-12-13-31(21-32)27(18-22)26-19-25(26)20-29-14-16-30(17-15-29)28(23-8-4-2-5-9-23)24-10-6-3-7-11-24/h2-11,21-22,25-28H,12-20H2,1H3. The van der Waals surface area contributed by atoms with Gasteiger partial charge in [-0.05, 0) is 48.1 Å². The van der Waals surface area contributed by atoms with Crippen LogP contribution in [0.15, 0.2) is 60.7 Å². The number of carbonyl (C=O) groups is 1. The number of nitrogens with zero attached hydrogens (tertiary/aromatic N) is 3. The maximum Gasteiger partial charge on any atom is 0.209 e. The van der Waals surface area contributed by atoms with Gasteiger partial charge in [-0.15, -0.1) is 0 Å². The van der Waals surface area contributed by atoms with Crippen LogP contribution in [-0.4, -0.2) is 66.4 Å². The molecule has 2 aromatic rings. The third-order valence-corrected chi connectivity index (χ3v) is 8.05. The first-order valence-electron chi connectivity index (χ1n) is 12.5. The summed E-state index contributed by atoms with van der Waals surface area (Å²) >= 11 is 0. The van der Waals surface area contributed by atoms with Crippen molar-refractivity contribution < 1.29 is 4.79 Å². The molecule has 2 aromatic carbocycles. The summed E-state index contributed by atoms with van der Waals surface area (Å²) < 4.78 is 0. The summed E-state index contributed by atoms with van der Waals surface area (Å²) in [7, 11) is 0. The van der Waals surface area contributed by atoms with Crippen molar-refractivity contribution >= 4 is 6.41 Å². The molecule has 2 heterocycles. The summed E-state index contributed by atoms with van der Waals surface area (Å²) in [5.41, 5.74) is 2.77. The van der Waals surface area contributed by atoms with Crippen LogP contribution in [0.4, 0.5) is 0 Å². The van der Waals surface area contributed by atoms with E-state index in [2.05, 4.69) is 82.3 Å². The first-order valence-corrected chi connectivity index (χ1v) is 12.5. The molecule has 0 spiro atoms. The zero-order valence-corrected chi connectivity index (χ0v) is 19.4. The number of piperazine rings is 1. The smallest absolute Gasteiger partial charge is 0.209 e. The highest BCUT2D eigenvalue weighted by atomic mass is 16.1. The van der Waals surface area contributed by atoms with E-state index in [1.54, 1.807) is 0 Å². The lowest BCUT2D eigenvalue weighted by atomic mass is 9.89. The van der Waals surface area contributed by atoms with E-state index in [0.717, 1.165) is 56.9 Å². The number of benzene rings is 2. The summed E-state index contributed by atoms with van der Waals surface area (Å²) in [6.45, 7) is 8.99. The Balaban J connectivity index is 1.18. The molecule has 0 bridgehead atoms. The molecule has 4 atom stereocenters. The first-order chi connectivity index (χ1) is 15.7. The van der Waals surface area contributed by atoms with E-state index < -0.39 is 0 Å². The molecule has 3 fully saturated rings. The molecule has 1 amide bonds. The van der Waals surface area contributed by atoms with Crippen LogP contribution < -0.4 is 0 Å². The Bertz CT molecular complexity index is 825. The Kier molecular flexibility index (Phi) is 6.61. The highest BCUT2D eigenvalue weighted by molar-refractivity contribution is 5.48. The number of likely N-dealkylation sites (tertiary alicyclic amines) is 1. The van der Waals surface area contributed by atoms with Crippen LogP contribution in [0, 0.1) is 17.8 Å². The topological polar surface area (TPSA) is 26.8 Å². The molecule has 0 N–H and O–H groups in total. The normalized spacial score (nSPS) is 29.2. The zero-order chi connectivity index (χ0) is 21.9. The Hall–Kier alpha value is -2.17. The van der Waals surface area contributed by atoms with Gasteiger partial charge in [0.2, 0.25) is 6.41 Å². The molecular weight excluding hydrogens is 394 g/mol.